The van der Waals surface area contributed by atoms with Crippen molar-refractivity contribution in [3.8, 4) is 23.1 Å². The Labute approximate surface area is 248 Å². The van der Waals surface area contributed by atoms with Crippen molar-refractivity contribution in [3.05, 3.63) is 122 Å². The lowest BCUT2D eigenvalue weighted by molar-refractivity contribution is 0.269. The maximum absolute atomic E-state index is 13.6. The van der Waals surface area contributed by atoms with Crippen LogP contribution in [0.4, 0.5) is 0 Å². The van der Waals surface area contributed by atoms with Crippen molar-refractivity contribution in [2.75, 3.05) is 6.61 Å². The molecule has 0 N–H and O–H groups in total. The summed E-state index contributed by atoms with van der Waals surface area (Å²) in [5.74, 6) is 1.81. The van der Waals surface area contributed by atoms with Gasteiger partial charge in [0, 0.05) is 20.4 Å². The third kappa shape index (κ3) is 5.62. The van der Waals surface area contributed by atoms with Crippen molar-refractivity contribution in [2.45, 2.75) is 13.5 Å². The van der Waals surface area contributed by atoms with Crippen LogP contribution in [0.3, 0.4) is 0 Å². The van der Waals surface area contributed by atoms with Crippen LogP contribution < -0.4 is 15.0 Å². The molecule has 7 nitrogen and oxygen atoms in total. The number of benzene rings is 4. The van der Waals surface area contributed by atoms with Gasteiger partial charge in [-0.1, -0.05) is 54.1 Å². The SMILES string of the molecule is CCOc1cc(C=Nn2c(-c3cc4cc(Cl)ccc4o3)nc3ccccc3c2=O)c(Br)cc1OCc1ccccc1. The van der Waals surface area contributed by atoms with E-state index in [4.69, 9.17) is 30.5 Å². The topological polar surface area (TPSA) is 78.9 Å². The molecule has 9 heteroatoms. The monoisotopic (exact) mass is 627 g/mol. The lowest BCUT2D eigenvalue weighted by Gasteiger charge is -2.14. The minimum absolute atomic E-state index is 0.265. The summed E-state index contributed by atoms with van der Waals surface area (Å²) in [6.07, 6.45) is 1.58. The van der Waals surface area contributed by atoms with E-state index < -0.39 is 0 Å². The van der Waals surface area contributed by atoms with E-state index in [0.717, 1.165) is 15.4 Å². The summed E-state index contributed by atoms with van der Waals surface area (Å²) in [4.78, 5) is 18.4. The zero-order valence-corrected chi connectivity index (χ0v) is 24.2. The van der Waals surface area contributed by atoms with E-state index in [0.29, 0.717) is 57.5 Å². The first kappa shape index (κ1) is 26.8. The first-order valence-corrected chi connectivity index (χ1v) is 14.1. The second-order valence-electron chi connectivity index (χ2n) is 9.13. The number of para-hydroxylation sites is 1. The fourth-order valence-corrected chi connectivity index (χ4v) is 5.01. The highest BCUT2D eigenvalue weighted by atomic mass is 79.9. The summed E-state index contributed by atoms with van der Waals surface area (Å²) in [7, 11) is 0. The van der Waals surface area contributed by atoms with E-state index in [-0.39, 0.29) is 11.4 Å². The zero-order valence-electron chi connectivity index (χ0n) is 21.9. The Morgan fingerprint density at radius 2 is 1.76 bits per heavy atom. The van der Waals surface area contributed by atoms with Gasteiger partial charge in [-0.25, -0.2) is 4.98 Å². The molecule has 204 valence electrons. The molecule has 0 radical (unpaired) electrons. The maximum Gasteiger partial charge on any atom is 0.282 e. The molecule has 0 atom stereocenters. The molecule has 0 saturated heterocycles. The molecule has 6 aromatic rings. The average Bonchev–Trinajstić information content (AvgIpc) is 3.41. The van der Waals surface area contributed by atoms with Crippen molar-refractivity contribution >= 4 is 55.6 Å². The van der Waals surface area contributed by atoms with Gasteiger partial charge in [-0.3, -0.25) is 4.79 Å². The van der Waals surface area contributed by atoms with Gasteiger partial charge >= 0.3 is 0 Å². The fraction of sp³-hybridized carbons (Fsp3) is 0.0938. The molecule has 0 aliphatic rings. The Morgan fingerprint density at radius 1 is 0.976 bits per heavy atom. The average molecular weight is 629 g/mol. The predicted octanol–water partition coefficient (Wildman–Crippen LogP) is 8.09. The minimum atomic E-state index is -0.329. The third-order valence-electron chi connectivity index (χ3n) is 6.36. The lowest BCUT2D eigenvalue weighted by Crippen LogP contribution is -2.20. The molecule has 2 aromatic heterocycles. The number of rotatable bonds is 8. The van der Waals surface area contributed by atoms with Gasteiger partial charge in [-0.05, 0) is 76.9 Å². The number of nitrogens with zero attached hydrogens (tertiary/aromatic N) is 3. The van der Waals surface area contributed by atoms with Crippen LogP contribution in [-0.4, -0.2) is 22.5 Å². The van der Waals surface area contributed by atoms with Gasteiger partial charge in [-0.15, -0.1) is 0 Å². The van der Waals surface area contributed by atoms with Gasteiger partial charge < -0.3 is 13.9 Å². The van der Waals surface area contributed by atoms with Crippen LogP contribution in [0.15, 0.2) is 110 Å². The first-order valence-electron chi connectivity index (χ1n) is 12.9. The van der Waals surface area contributed by atoms with Crippen molar-refractivity contribution in [3.63, 3.8) is 0 Å². The highest BCUT2D eigenvalue weighted by molar-refractivity contribution is 9.10. The van der Waals surface area contributed by atoms with Gasteiger partial charge in [-0.2, -0.15) is 9.78 Å². The summed E-state index contributed by atoms with van der Waals surface area (Å²) < 4.78 is 20.0. The Hall–Kier alpha value is -4.40. The smallest absolute Gasteiger partial charge is 0.282 e. The molecule has 0 unspecified atom stereocenters. The molecule has 2 heterocycles. The number of fused-ring (bicyclic) bond motifs is 2. The van der Waals surface area contributed by atoms with E-state index in [2.05, 4.69) is 21.0 Å². The Morgan fingerprint density at radius 3 is 2.59 bits per heavy atom. The van der Waals surface area contributed by atoms with Crippen molar-refractivity contribution in [1.82, 2.24) is 9.66 Å². The van der Waals surface area contributed by atoms with Gasteiger partial charge in [0.05, 0.1) is 23.7 Å². The summed E-state index contributed by atoms with van der Waals surface area (Å²) in [5, 5.41) is 6.39. The lowest BCUT2D eigenvalue weighted by atomic mass is 10.2. The van der Waals surface area contributed by atoms with Crippen LogP contribution >= 0.6 is 27.5 Å². The number of ether oxygens (including phenoxy) is 2. The normalized spacial score (nSPS) is 11.5. The molecular formula is C32H23BrClN3O4. The summed E-state index contributed by atoms with van der Waals surface area (Å²) in [6.45, 7) is 2.75. The Kier molecular flexibility index (Phi) is 7.59. The molecule has 0 bridgehead atoms. The van der Waals surface area contributed by atoms with Gasteiger partial charge in [0.25, 0.3) is 5.56 Å². The van der Waals surface area contributed by atoms with E-state index in [1.54, 1.807) is 48.7 Å². The molecule has 0 amide bonds. The Balaban J connectivity index is 1.42. The Bertz CT molecular complexity index is 1970. The van der Waals surface area contributed by atoms with E-state index >= 15 is 0 Å². The molecule has 0 fully saturated rings. The molecule has 4 aromatic carbocycles. The first-order chi connectivity index (χ1) is 20.0. The van der Waals surface area contributed by atoms with E-state index in [1.165, 1.54) is 4.68 Å². The second kappa shape index (κ2) is 11.6. The number of furan rings is 1. The summed E-state index contributed by atoms with van der Waals surface area (Å²) in [6, 6.07) is 27.8. The summed E-state index contributed by atoms with van der Waals surface area (Å²) in [5.41, 5.74) is 2.56. The van der Waals surface area contributed by atoms with Crippen LogP contribution in [0.2, 0.25) is 5.02 Å². The largest absolute Gasteiger partial charge is 0.490 e. The van der Waals surface area contributed by atoms with Crippen LogP contribution in [-0.2, 0) is 6.61 Å². The van der Waals surface area contributed by atoms with Crippen molar-refractivity contribution in [1.29, 1.82) is 0 Å². The zero-order chi connectivity index (χ0) is 28.3. The third-order valence-corrected chi connectivity index (χ3v) is 7.29. The van der Waals surface area contributed by atoms with Gasteiger partial charge in [0.15, 0.2) is 17.3 Å². The van der Waals surface area contributed by atoms with Crippen LogP contribution in [0.1, 0.15) is 18.1 Å². The van der Waals surface area contributed by atoms with E-state index in [1.807, 2.05) is 55.5 Å². The maximum atomic E-state index is 13.6. The molecule has 0 spiro atoms. The van der Waals surface area contributed by atoms with Crippen LogP contribution in [0.25, 0.3) is 33.5 Å². The van der Waals surface area contributed by atoms with Crippen LogP contribution in [0.5, 0.6) is 11.5 Å². The number of halogens is 2. The second-order valence-corrected chi connectivity index (χ2v) is 10.4. The summed E-state index contributed by atoms with van der Waals surface area (Å²) >= 11 is 9.80. The number of hydrogen-bond donors (Lipinski definition) is 0. The number of aromatic nitrogens is 2. The fourth-order valence-electron chi connectivity index (χ4n) is 4.40. The highest BCUT2D eigenvalue weighted by Crippen LogP contribution is 2.34. The molecule has 6 rings (SSSR count). The molecule has 0 aliphatic heterocycles. The van der Waals surface area contributed by atoms with Crippen molar-refractivity contribution < 1.29 is 13.9 Å². The van der Waals surface area contributed by atoms with Gasteiger partial charge in [0.2, 0.25) is 5.82 Å². The molecule has 0 saturated carbocycles. The molecule has 0 aliphatic carbocycles. The van der Waals surface area contributed by atoms with E-state index in [9.17, 15) is 4.79 Å². The minimum Gasteiger partial charge on any atom is -0.490 e. The molecular weight excluding hydrogens is 606 g/mol. The van der Waals surface area contributed by atoms with Crippen LogP contribution in [0, 0.1) is 0 Å². The predicted molar refractivity (Wildman–Crippen MR) is 165 cm³/mol. The number of hydrogen-bond acceptors (Lipinski definition) is 6. The van der Waals surface area contributed by atoms with Crippen molar-refractivity contribution in [2.24, 2.45) is 5.10 Å². The molecule has 41 heavy (non-hydrogen) atoms. The van der Waals surface area contributed by atoms with Gasteiger partial charge in [0.1, 0.15) is 12.2 Å². The quantitative estimate of drug-likeness (QED) is 0.159. The highest BCUT2D eigenvalue weighted by Gasteiger charge is 2.17. The standard InChI is InChI=1S/C32H23BrClN3O4/c1-2-39-28-16-22(25(33)17-29(28)40-19-20-8-4-3-5-9-20)18-35-37-31(36-26-11-7-6-10-24(26)32(37)38)30-15-21-14-23(34)12-13-27(21)41-30/h3-18H,2,19H2,1H3.